The third-order valence-corrected chi connectivity index (χ3v) is 11.3. The Bertz CT molecular complexity index is 3110. The molecule has 50 heavy (non-hydrogen) atoms. The van der Waals surface area contributed by atoms with Gasteiger partial charge in [0.05, 0.1) is 0 Å². The molecule has 12 rings (SSSR count). The van der Waals surface area contributed by atoms with E-state index in [1.807, 2.05) is 24.8 Å². The second-order valence-corrected chi connectivity index (χ2v) is 13.7. The molecule has 0 aliphatic heterocycles. The molecule has 8 aromatic carbocycles. The highest BCUT2D eigenvalue weighted by molar-refractivity contribution is 6.29. The van der Waals surface area contributed by atoms with Crippen molar-refractivity contribution in [3.8, 4) is 66.8 Å². The molecule has 0 saturated carbocycles. The molecule has 0 spiro atoms. The fourth-order valence-electron chi connectivity index (χ4n) is 9.24. The van der Waals surface area contributed by atoms with Gasteiger partial charge in [-0.3, -0.25) is 9.97 Å². The zero-order valence-electron chi connectivity index (χ0n) is 26.9. The molecule has 0 unspecified atom stereocenters. The summed E-state index contributed by atoms with van der Waals surface area (Å²) in [7, 11) is 0. The van der Waals surface area contributed by atoms with E-state index in [1.165, 1.54) is 121 Å². The van der Waals surface area contributed by atoms with E-state index in [2.05, 4.69) is 143 Å². The van der Waals surface area contributed by atoms with Crippen molar-refractivity contribution in [2.45, 2.75) is 0 Å². The van der Waals surface area contributed by atoms with Crippen molar-refractivity contribution in [2.75, 3.05) is 0 Å². The lowest BCUT2D eigenvalue weighted by Gasteiger charge is -2.19. The van der Waals surface area contributed by atoms with Crippen LogP contribution in [-0.2, 0) is 0 Å². The second-order valence-electron chi connectivity index (χ2n) is 13.7. The highest BCUT2D eigenvalue weighted by atomic mass is 14.6. The number of benzene rings is 8. The first-order chi connectivity index (χ1) is 24.8. The molecule has 2 aliphatic carbocycles. The number of fused-ring (bicyclic) bond motifs is 11. The van der Waals surface area contributed by atoms with Crippen LogP contribution < -0.4 is 0 Å². The van der Waals surface area contributed by atoms with Crippen LogP contribution in [0.4, 0.5) is 0 Å². The Balaban J connectivity index is 1.26. The third-order valence-electron chi connectivity index (χ3n) is 11.3. The first kappa shape index (κ1) is 26.3. The summed E-state index contributed by atoms with van der Waals surface area (Å²) in [5, 5.41) is 12.9. The van der Waals surface area contributed by atoms with Gasteiger partial charge < -0.3 is 0 Å². The smallest absolute Gasteiger partial charge is 0.0273 e. The predicted molar refractivity (Wildman–Crippen MR) is 209 cm³/mol. The molecule has 2 aromatic heterocycles. The molecule has 0 saturated heterocycles. The van der Waals surface area contributed by atoms with Gasteiger partial charge in [-0.1, -0.05) is 84.9 Å². The molecule has 10 aromatic rings. The fourth-order valence-corrected chi connectivity index (χ4v) is 9.24. The van der Waals surface area contributed by atoms with Gasteiger partial charge in [-0.2, -0.15) is 0 Å². The van der Waals surface area contributed by atoms with Crippen LogP contribution in [0.5, 0.6) is 0 Å². The minimum Gasteiger partial charge on any atom is -0.265 e. The van der Waals surface area contributed by atoms with Gasteiger partial charge in [-0.15, -0.1) is 0 Å². The topological polar surface area (TPSA) is 25.8 Å². The van der Waals surface area contributed by atoms with Crippen LogP contribution in [0.3, 0.4) is 0 Å². The van der Waals surface area contributed by atoms with Gasteiger partial charge >= 0.3 is 0 Å². The zero-order chi connectivity index (χ0) is 32.5. The van der Waals surface area contributed by atoms with Crippen LogP contribution in [-0.4, -0.2) is 9.97 Å². The van der Waals surface area contributed by atoms with Crippen molar-refractivity contribution in [3.05, 3.63) is 158 Å². The third kappa shape index (κ3) is 3.32. The molecule has 0 radical (unpaired) electrons. The monoisotopic (exact) mass is 630 g/mol. The molecule has 2 nitrogen and oxygen atoms in total. The summed E-state index contributed by atoms with van der Waals surface area (Å²) in [6.45, 7) is 0. The summed E-state index contributed by atoms with van der Waals surface area (Å²) in [6.07, 6.45) is 7.65. The van der Waals surface area contributed by atoms with Crippen molar-refractivity contribution in [1.29, 1.82) is 0 Å². The van der Waals surface area contributed by atoms with Gasteiger partial charge in [0.2, 0.25) is 0 Å². The maximum atomic E-state index is 4.40. The van der Waals surface area contributed by atoms with Crippen LogP contribution >= 0.6 is 0 Å². The van der Waals surface area contributed by atoms with Gasteiger partial charge in [-0.25, -0.2) is 0 Å². The number of pyridine rings is 2. The molecular formula is C48H26N2. The second kappa shape index (κ2) is 9.49. The van der Waals surface area contributed by atoms with Crippen LogP contribution in [0.2, 0.25) is 0 Å². The number of rotatable bonds is 2. The van der Waals surface area contributed by atoms with E-state index in [9.17, 15) is 0 Å². The summed E-state index contributed by atoms with van der Waals surface area (Å²) in [5.41, 5.74) is 15.3. The summed E-state index contributed by atoms with van der Waals surface area (Å²) >= 11 is 0. The van der Waals surface area contributed by atoms with Gasteiger partial charge in [0, 0.05) is 24.8 Å². The van der Waals surface area contributed by atoms with Crippen molar-refractivity contribution in [2.24, 2.45) is 0 Å². The van der Waals surface area contributed by atoms with Crippen molar-refractivity contribution >= 4 is 53.9 Å². The van der Waals surface area contributed by atoms with Crippen LogP contribution in [0.15, 0.2) is 158 Å². The number of hydrogen-bond donors (Lipinski definition) is 0. The minimum atomic E-state index is 1.17. The summed E-state index contributed by atoms with van der Waals surface area (Å²) < 4.78 is 0. The van der Waals surface area contributed by atoms with E-state index in [4.69, 9.17) is 0 Å². The Labute approximate surface area is 287 Å². The van der Waals surface area contributed by atoms with E-state index >= 15 is 0 Å². The molecule has 2 heterocycles. The van der Waals surface area contributed by atoms with E-state index in [-0.39, 0.29) is 0 Å². The molecule has 0 atom stereocenters. The minimum absolute atomic E-state index is 1.17. The largest absolute Gasteiger partial charge is 0.265 e. The standard InChI is InChI=1S/C48H26N2/c1-5-28-6-2-10-33-41-25-43-37(27-15-19-49-20-16-27)23-38-31(39(43)24-40(41)32(9-1)45(28)33)13-14-35-42(38)26-44-34-11-3-7-29-8-4-12-36(46(29)34)48(44)47(35)30-17-21-50-22-18-30/h1-26H. The van der Waals surface area contributed by atoms with Gasteiger partial charge in [0.25, 0.3) is 0 Å². The summed E-state index contributed by atoms with van der Waals surface area (Å²) in [4.78, 5) is 8.80. The fraction of sp³-hybridized carbons (Fsp3) is 0. The van der Waals surface area contributed by atoms with Crippen molar-refractivity contribution in [3.63, 3.8) is 0 Å². The predicted octanol–water partition coefficient (Wildman–Crippen LogP) is 12.9. The quantitative estimate of drug-likeness (QED) is 0.178. The van der Waals surface area contributed by atoms with E-state index < -0.39 is 0 Å². The molecule has 0 amide bonds. The van der Waals surface area contributed by atoms with Crippen LogP contribution in [0.1, 0.15) is 0 Å². The molecule has 0 fully saturated rings. The van der Waals surface area contributed by atoms with Crippen LogP contribution in [0.25, 0.3) is 121 Å². The Kier molecular flexibility index (Phi) is 5.00. The van der Waals surface area contributed by atoms with Gasteiger partial charge in [0.15, 0.2) is 0 Å². The summed E-state index contributed by atoms with van der Waals surface area (Å²) in [6, 6.07) is 50.0. The Morgan fingerprint density at radius 3 is 1.40 bits per heavy atom. The SMILES string of the molecule is c1cc2c3c(cccc3c1)-c1cc3c(cc1-2)c(-c1ccncc1)cc1c2cc4c(c(-c5ccncc5)c2ccc31)-c1cccc2cccc-4c12. The number of aromatic nitrogens is 2. The first-order valence-corrected chi connectivity index (χ1v) is 17.2. The van der Waals surface area contributed by atoms with E-state index in [1.54, 1.807) is 0 Å². The van der Waals surface area contributed by atoms with Gasteiger partial charge in [0.1, 0.15) is 0 Å². The normalized spacial score (nSPS) is 12.4. The Morgan fingerprint density at radius 1 is 0.280 bits per heavy atom. The Morgan fingerprint density at radius 2 is 0.740 bits per heavy atom. The lowest BCUT2D eigenvalue weighted by Crippen LogP contribution is -1.92. The van der Waals surface area contributed by atoms with Crippen molar-refractivity contribution in [1.82, 2.24) is 9.97 Å². The lowest BCUT2D eigenvalue weighted by atomic mass is 9.84. The molecule has 2 aliphatic rings. The lowest BCUT2D eigenvalue weighted by molar-refractivity contribution is 1.33. The van der Waals surface area contributed by atoms with Gasteiger partial charge in [-0.05, 0) is 169 Å². The molecule has 2 heteroatoms. The summed E-state index contributed by atoms with van der Waals surface area (Å²) in [5.74, 6) is 0. The van der Waals surface area contributed by atoms with Crippen molar-refractivity contribution < 1.29 is 0 Å². The highest BCUT2D eigenvalue weighted by Crippen LogP contribution is 2.55. The average molecular weight is 631 g/mol. The maximum absolute atomic E-state index is 4.40. The molecule has 0 bridgehead atoms. The first-order valence-electron chi connectivity index (χ1n) is 17.2. The number of nitrogens with zero attached hydrogens (tertiary/aromatic N) is 2. The molecule has 0 N–H and O–H groups in total. The average Bonchev–Trinajstić information content (AvgIpc) is 3.67. The van der Waals surface area contributed by atoms with E-state index in [0.717, 1.165) is 0 Å². The zero-order valence-corrected chi connectivity index (χ0v) is 26.9. The maximum Gasteiger partial charge on any atom is 0.0273 e. The highest BCUT2D eigenvalue weighted by Gasteiger charge is 2.28. The van der Waals surface area contributed by atoms with E-state index in [0.29, 0.717) is 0 Å². The molecule has 228 valence electrons. The number of hydrogen-bond acceptors (Lipinski definition) is 2. The molecular weight excluding hydrogens is 605 g/mol. The Hall–Kier alpha value is -6.64. The van der Waals surface area contributed by atoms with Crippen LogP contribution in [0, 0.1) is 0 Å².